The Balaban J connectivity index is 1.44. The number of hydrogen-bond acceptors (Lipinski definition) is 5. The zero-order valence-electron chi connectivity index (χ0n) is 18.3. The predicted molar refractivity (Wildman–Crippen MR) is 110 cm³/mol. The van der Waals surface area contributed by atoms with Gasteiger partial charge in [0.05, 0.1) is 24.3 Å². The van der Waals surface area contributed by atoms with Crippen LogP contribution in [0.5, 0.6) is 5.75 Å². The lowest BCUT2D eigenvalue weighted by Gasteiger charge is -2.57. The first kappa shape index (κ1) is 22.5. The molecule has 0 bridgehead atoms. The third-order valence-corrected chi connectivity index (χ3v) is 6.02. The van der Waals surface area contributed by atoms with Crippen molar-refractivity contribution < 1.29 is 27.4 Å². The number of likely N-dealkylation sites (tertiary alicyclic amines) is 1. The number of aromatic nitrogens is 2. The van der Waals surface area contributed by atoms with Crippen LogP contribution in [0.15, 0.2) is 30.6 Å². The highest BCUT2D eigenvalue weighted by molar-refractivity contribution is 5.94. The van der Waals surface area contributed by atoms with Crippen molar-refractivity contribution in [2.45, 2.75) is 57.3 Å². The Morgan fingerprint density at radius 1 is 1.12 bits per heavy atom. The van der Waals surface area contributed by atoms with Gasteiger partial charge in [-0.05, 0) is 41.5 Å². The molecule has 172 valence electrons. The van der Waals surface area contributed by atoms with Crippen LogP contribution in [0.3, 0.4) is 0 Å². The van der Waals surface area contributed by atoms with Crippen LogP contribution in [0.25, 0.3) is 0 Å². The number of carbonyl (C=O) groups excluding carboxylic acids is 1. The maximum absolute atomic E-state index is 12.7. The molecule has 3 heterocycles. The number of hydrogen-bond donors (Lipinski definition) is 0. The Bertz CT molecular complexity index is 991. The number of amides is 1. The summed E-state index contributed by atoms with van der Waals surface area (Å²) in [4.78, 5) is 23.1. The molecule has 2 saturated heterocycles. The monoisotopic (exact) mass is 449 g/mol. The highest BCUT2D eigenvalue weighted by Crippen LogP contribution is 2.38. The molecule has 0 aliphatic carbocycles. The fourth-order valence-corrected chi connectivity index (χ4v) is 3.93. The summed E-state index contributed by atoms with van der Waals surface area (Å²) >= 11 is 0. The summed E-state index contributed by atoms with van der Waals surface area (Å²) in [6.45, 7) is 7.65. The molecule has 2 aliphatic heterocycles. The minimum absolute atomic E-state index is 0.0991. The van der Waals surface area contributed by atoms with Gasteiger partial charge in [-0.1, -0.05) is 26.8 Å². The summed E-state index contributed by atoms with van der Waals surface area (Å²) in [7, 11) is 0. The van der Waals surface area contributed by atoms with Gasteiger partial charge in [-0.2, -0.15) is 0 Å². The summed E-state index contributed by atoms with van der Waals surface area (Å²) in [6.07, 6.45) is 0.0955. The van der Waals surface area contributed by atoms with Crippen molar-refractivity contribution in [1.82, 2.24) is 14.9 Å². The molecule has 2 fully saturated rings. The van der Waals surface area contributed by atoms with Crippen LogP contribution in [0.4, 0.5) is 13.2 Å². The highest BCUT2D eigenvalue weighted by atomic mass is 19.4. The normalized spacial score (nSPS) is 17.6. The molecular weight excluding hydrogens is 423 g/mol. The molecule has 1 spiro atoms. The lowest BCUT2D eigenvalue weighted by molar-refractivity contribution is -0.274. The molecule has 6 nitrogen and oxygen atoms in total. The number of rotatable bonds is 5. The van der Waals surface area contributed by atoms with Crippen molar-refractivity contribution in [1.29, 1.82) is 0 Å². The lowest BCUT2D eigenvalue weighted by Crippen LogP contribution is -2.72. The Hall–Kier alpha value is -2.68. The first-order valence-corrected chi connectivity index (χ1v) is 10.6. The molecule has 4 rings (SSSR count). The van der Waals surface area contributed by atoms with E-state index in [0.29, 0.717) is 49.6 Å². The number of alkyl halides is 3. The minimum atomic E-state index is -4.75. The molecule has 2 aliphatic rings. The zero-order chi connectivity index (χ0) is 23.1. The van der Waals surface area contributed by atoms with Gasteiger partial charge < -0.3 is 14.4 Å². The van der Waals surface area contributed by atoms with Gasteiger partial charge in [-0.25, -0.2) is 9.97 Å². The lowest BCUT2D eigenvalue weighted by atomic mass is 9.82. The molecule has 0 unspecified atom stereocenters. The van der Waals surface area contributed by atoms with Crippen LogP contribution in [0, 0.1) is 0 Å². The maximum atomic E-state index is 12.7. The second kappa shape index (κ2) is 8.03. The smallest absolute Gasteiger partial charge is 0.406 e. The van der Waals surface area contributed by atoms with E-state index in [2.05, 4.69) is 14.7 Å². The van der Waals surface area contributed by atoms with E-state index in [1.165, 1.54) is 24.5 Å². The van der Waals surface area contributed by atoms with Crippen molar-refractivity contribution in [3.05, 3.63) is 53.1 Å². The summed E-state index contributed by atoms with van der Waals surface area (Å²) in [6, 6.07) is 4.69. The maximum Gasteiger partial charge on any atom is 0.573 e. The number of ether oxygens (including phenoxy) is 2. The molecule has 0 N–H and O–H groups in total. The largest absolute Gasteiger partial charge is 0.573 e. The third kappa shape index (κ3) is 4.72. The fourth-order valence-electron chi connectivity index (χ4n) is 3.93. The predicted octanol–water partition coefficient (Wildman–Crippen LogP) is 4.07. The number of nitrogens with zero attached hydrogens (tertiary/aromatic N) is 3. The second-order valence-electron chi connectivity index (χ2n) is 9.48. The second-order valence-corrected chi connectivity index (χ2v) is 9.48. The van der Waals surface area contributed by atoms with Gasteiger partial charge in [0, 0.05) is 25.4 Å². The van der Waals surface area contributed by atoms with Gasteiger partial charge in [0.15, 0.2) is 0 Å². The number of benzene rings is 1. The molecule has 9 heteroatoms. The Labute approximate surface area is 184 Å². The standard InChI is InChI=1S/C23H26F3N3O3/c1-21(2,3)17-8-15(9-18(10-17)32-23(24,25)26)4-5-19-27-11-16(12-28-19)20(30)29-7-6-22(29)13-31-14-22/h8-12H,4-7,13-14H2,1-3H3. The van der Waals surface area contributed by atoms with E-state index in [0.717, 1.165) is 12.0 Å². The number of halogens is 3. The number of aryl methyl sites for hydroxylation is 2. The summed E-state index contributed by atoms with van der Waals surface area (Å²) in [5, 5.41) is 0. The van der Waals surface area contributed by atoms with Crippen LogP contribution in [-0.4, -0.2) is 52.4 Å². The van der Waals surface area contributed by atoms with Crippen LogP contribution >= 0.6 is 0 Å². The average Bonchev–Trinajstić information content (AvgIpc) is 2.62. The summed E-state index contributed by atoms with van der Waals surface area (Å²) in [5.74, 6) is 0.189. The van der Waals surface area contributed by atoms with E-state index in [4.69, 9.17) is 4.74 Å². The van der Waals surface area contributed by atoms with Crippen LogP contribution < -0.4 is 4.74 Å². The summed E-state index contributed by atoms with van der Waals surface area (Å²) in [5.41, 5.74) is 1.39. The van der Waals surface area contributed by atoms with Crippen molar-refractivity contribution in [3.8, 4) is 5.75 Å². The topological polar surface area (TPSA) is 64.6 Å². The minimum Gasteiger partial charge on any atom is -0.406 e. The Kier molecular flexibility index (Phi) is 5.65. The SMILES string of the molecule is CC(C)(C)c1cc(CCc2ncc(C(=O)N3CCC34COC4)cn2)cc(OC(F)(F)F)c1. The Morgan fingerprint density at radius 3 is 2.31 bits per heavy atom. The van der Waals surface area contributed by atoms with E-state index in [1.54, 1.807) is 0 Å². The van der Waals surface area contributed by atoms with E-state index >= 15 is 0 Å². The Morgan fingerprint density at radius 2 is 1.81 bits per heavy atom. The van der Waals surface area contributed by atoms with E-state index < -0.39 is 6.36 Å². The molecule has 2 aromatic rings. The van der Waals surface area contributed by atoms with E-state index in [9.17, 15) is 18.0 Å². The van der Waals surface area contributed by atoms with Gasteiger partial charge in [-0.15, -0.1) is 13.2 Å². The van der Waals surface area contributed by atoms with Crippen molar-refractivity contribution in [2.75, 3.05) is 19.8 Å². The molecule has 0 saturated carbocycles. The van der Waals surface area contributed by atoms with Gasteiger partial charge >= 0.3 is 6.36 Å². The molecule has 1 aromatic carbocycles. The van der Waals surface area contributed by atoms with Crippen molar-refractivity contribution in [2.24, 2.45) is 0 Å². The average molecular weight is 449 g/mol. The molecule has 1 amide bonds. The van der Waals surface area contributed by atoms with Gasteiger partial charge in [0.25, 0.3) is 5.91 Å². The molecule has 0 radical (unpaired) electrons. The van der Waals surface area contributed by atoms with Crippen LogP contribution in [0.2, 0.25) is 0 Å². The van der Waals surface area contributed by atoms with Gasteiger partial charge in [0.1, 0.15) is 11.6 Å². The summed E-state index contributed by atoms with van der Waals surface area (Å²) < 4.78 is 47.6. The van der Waals surface area contributed by atoms with Crippen molar-refractivity contribution in [3.63, 3.8) is 0 Å². The fraction of sp³-hybridized carbons (Fsp3) is 0.522. The third-order valence-electron chi connectivity index (χ3n) is 6.02. The molecule has 1 aromatic heterocycles. The van der Waals surface area contributed by atoms with Gasteiger partial charge in [-0.3, -0.25) is 4.79 Å². The van der Waals surface area contributed by atoms with E-state index in [1.807, 2.05) is 31.7 Å². The highest BCUT2D eigenvalue weighted by Gasteiger charge is 2.53. The quantitative estimate of drug-likeness (QED) is 0.689. The first-order chi connectivity index (χ1) is 15.0. The van der Waals surface area contributed by atoms with Crippen molar-refractivity contribution >= 4 is 5.91 Å². The first-order valence-electron chi connectivity index (χ1n) is 10.6. The number of carbonyl (C=O) groups is 1. The molecule has 32 heavy (non-hydrogen) atoms. The van der Waals surface area contributed by atoms with Crippen LogP contribution in [0.1, 0.15) is 54.5 Å². The van der Waals surface area contributed by atoms with Crippen LogP contribution in [-0.2, 0) is 23.0 Å². The molecular formula is C23H26F3N3O3. The van der Waals surface area contributed by atoms with E-state index in [-0.39, 0.29) is 22.6 Å². The molecule has 0 atom stereocenters. The van der Waals surface area contributed by atoms with Gasteiger partial charge in [0.2, 0.25) is 0 Å². The zero-order valence-corrected chi connectivity index (χ0v) is 18.3.